The molecule has 0 unspecified atom stereocenters. The molecule has 0 atom stereocenters. The molecule has 0 radical (unpaired) electrons. The molecule has 7 aromatic carbocycles. The molecule has 18 nitrogen and oxygen atoms in total. The van der Waals surface area contributed by atoms with Crippen LogP contribution < -0.4 is 44.3 Å². The van der Waals surface area contributed by atoms with Gasteiger partial charge in [0, 0.05) is 45.4 Å². The van der Waals surface area contributed by atoms with Crippen LogP contribution in [-0.4, -0.2) is 53.7 Å². The Bertz CT molecular complexity index is 4000. The van der Waals surface area contributed by atoms with Gasteiger partial charge in [-0.05, 0) is 49.2 Å². The fourth-order valence-electron chi connectivity index (χ4n) is 9.47. The second-order valence-electron chi connectivity index (χ2n) is 18.5. The number of unbranched alkanes of at least 4 members (excludes halogenated alkanes) is 10. The van der Waals surface area contributed by atoms with Crippen LogP contribution in [-0.2, 0) is 17.8 Å². The molecule has 3 heterocycles. The first kappa shape index (κ1) is 55.4. The van der Waals surface area contributed by atoms with Crippen molar-refractivity contribution in [2.24, 2.45) is 0 Å². The number of phenols is 4. The summed E-state index contributed by atoms with van der Waals surface area (Å²) in [6, 6.07) is 21.6. The molecule has 0 saturated carbocycles. The van der Waals surface area contributed by atoms with Gasteiger partial charge in [0.2, 0.25) is 0 Å². The summed E-state index contributed by atoms with van der Waals surface area (Å²) in [6.45, 7) is 4.94. The van der Waals surface area contributed by atoms with Gasteiger partial charge in [0.15, 0.2) is 10.9 Å². The minimum atomic E-state index is -1.80. The first-order valence-electron chi connectivity index (χ1n) is 25.1. The number of nitrogens with zero attached hydrogens (tertiary/aromatic N) is 2. The van der Waals surface area contributed by atoms with E-state index in [1.54, 1.807) is 24.3 Å². The van der Waals surface area contributed by atoms with Gasteiger partial charge >= 0.3 is 40.1 Å². The zero-order valence-corrected chi connectivity index (χ0v) is 41.8. The second kappa shape index (κ2) is 24.3. The monoisotopic (exact) mass is 1030 g/mol. The third kappa shape index (κ3) is 11.2. The topological polar surface area (TPSA) is 298 Å². The third-order valence-corrected chi connectivity index (χ3v) is 13.4. The number of aromatic hydroxyl groups is 4. The Kier molecular flexibility index (Phi) is 17.7. The van der Waals surface area contributed by atoms with Crippen molar-refractivity contribution < 1.29 is 39.6 Å². The summed E-state index contributed by atoms with van der Waals surface area (Å²) in [5.74, 6) is -0.581. The molecule has 20 heteroatoms. The fourth-order valence-corrected chi connectivity index (χ4v) is 9.47. The van der Waals surface area contributed by atoms with Crippen LogP contribution in [0.4, 0.5) is 0 Å². The quantitative estimate of drug-likeness (QED) is 0.0276. The average molecular weight is 1030 g/mol. The van der Waals surface area contributed by atoms with Gasteiger partial charge in [0.05, 0.1) is 43.1 Å². The number of rotatable bonds is 15. The Balaban J connectivity index is 0.000000175. The fraction of sp³-hybridized carbons (Fsp3) is 0.286. The second-order valence-corrected chi connectivity index (χ2v) is 18.5. The van der Waals surface area contributed by atoms with Gasteiger partial charge in [0.25, 0.3) is 22.2 Å². The molecule has 0 aliphatic heterocycles. The molecule has 0 aliphatic rings. The van der Waals surface area contributed by atoms with Crippen molar-refractivity contribution in [2.75, 3.05) is 0 Å². The Labute approximate surface area is 431 Å². The van der Waals surface area contributed by atoms with Crippen molar-refractivity contribution in [3.63, 3.8) is 0 Å². The average Bonchev–Trinajstić information content (AvgIpc) is 3.98. The van der Waals surface area contributed by atoms with Crippen molar-refractivity contribution in [1.29, 1.82) is 0 Å². The minimum Gasteiger partial charge on any atom is -0.507 e. The summed E-state index contributed by atoms with van der Waals surface area (Å²) in [7, 11) is -1.77. The standard InChI is InChI=1S/C28H25NO6.C18H19NO5.C10H8O2.B2H2O3/c1-2-3-4-5-6-9-12-29-27(34)19-13-17-18(14-20(19)28(29)35)26(33)22-21(25(17)32)23(30)15-10-7-8-11-16(15)24(22)31;1-2-3-4-5-6-7-8-19-15(20)11-9-13-14(10-12(11)16(19)21)18(23)24-17(13)22;11-9-5-6-10(12)8-4-2-1-3-7(8)9;3-1-2(4)5/h7-8,10-11,13-14,32-33H,2-6,9,12H2,1H3;9-10H,2-8H2,1H3;1-6,11-12H;4-5H. The smallest absolute Gasteiger partial charge is 0.123 e. The van der Waals surface area contributed by atoms with E-state index in [4.69, 9.17) is 14.8 Å². The number of fused-ring (bicyclic) bond motifs is 7. The largest absolute Gasteiger partial charge is 0.507 e. The van der Waals surface area contributed by atoms with E-state index in [0.29, 0.717) is 23.7 Å². The van der Waals surface area contributed by atoms with E-state index in [-0.39, 0.29) is 89.7 Å². The van der Waals surface area contributed by atoms with E-state index < -0.39 is 62.9 Å². The number of furan rings is 1. The maximum Gasteiger partial charge on any atom is 0.123 e. The molecule has 0 aliphatic carbocycles. The van der Waals surface area contributed by atoms with Crippen molar-refractivity contribution in [3.8, 4) is 23.0 Å². The number of benzene rings is 7. The molecule has 10 rings (SSSR count). The molecule has 0 bridgehead atoms. The van der Waals surface area contributed by atoms with E-state index >= 15 is 0 Å². The number of phenolic OH excluding ortho intramolecular Hbond substituents is 4. The maximum absolute atomic E-state index is 13.1. The summed E-state index contributed by atoms with van der Waals surface area (Å²) >= 11 is 0. The zero-order chi connectivity index (χ0) is 55.0. The predicted molar refractivity (Wildman–Crippen MR) is 295 cm³/mol. The molecule has 76 heavy (non-hydrogen) atoms. The summed E-state index contributed by atoms with van der Waals surface area (Å²) in [5, 5.41) is 57.8. The Morgan fingerprint density at radius 1 is 0.421 bits per heavy atom. The molecule has 0 amide bonds. The van der Waals surface area contributed by atoms with E-state index in [9.17, 15) is 58.8 Å². The van der Waals surface area contributed by atoms with Crippen LogP contribution in [0.1, 0.15) is 90.9 Å². The van der Waals surface area contributed by atoms with Crippen LogP contribution in [0, 0.1) is 0 Å². The Hall–Kier alpha value is -8.35. The molecule has 390 valence electrons. The molecule has 0 spiro atoms. The van der Waals surface area contributed by atoms with E-state index in [1.165, 1.54) is 70.5 Å². The third-order valence-electron chi connectivity index (χ3n) is 13.4. The van der Waals surface area contributed by atoms with Crippen molar-refractivity contribution >= 4 is 89.5 Å². The molecule has 3 aromatic heterocycles. The van der Waals surface area contributed by atoms with Crippen LogP contribution in [0.3, 0.4) is 0 Å². The number of hydrogen-bond donors (Lipinski definition) is 6. The van der Waals surface area contributed by atoms with Crippen LogP contribution in [0.15, 0.2) is 128 Å². The van der Waals surface area contributed by atoms with E-state index in [2.05, 4.69) is 18.3 Å². The van der Waals surface area contributed by atoms with Crippen LogP contribution >= 0.6 is 0 Å². The van der Waals surface area contributed by atoms with Crippen LogP contribution in [0.5, 0.6) is 23.0 Å². The Morgan fingerprint density at radius 3 is 1.05 bits per heavy atom. The zero-order valence-electron chi connectivity index (χ0n) is 41.8. The summed E-state index contributed by atoms with van der Waals surface area (Å²) in [4.78, 5) is 100. The van der Waals surface area contributed by atoms with Crippen molar-refractivity contribution in [2.45, 2.75) is 104 Å². The summed E-state index contributed by atoms with van der Waals surface area (Å²) in [6.07, 6.45) is 12.4. The van der Waals surface area contributed by atoms with E-state index in [0.717, 1.165) is 57.8 Å². The predicted octanol–water partition coefficient (Wildman–Crippen LogP) is 6.51. The molecular formula is C56H54B2N2O16. The molecule has 0 saturated heterocycles. The summed E-state index contributed by atoms with van der Waals surface area (Å²) in [5.41, 5.74) is -4.46. The normalized spacial score (nSPS) is 11.2. The van der Waals surface area contributed by atoms with Crippen LogP contribution in [0.2, 0.25) is 0 Å². The molecule has 6 N–H and O–H groups in total. The van der Waals surface area contributed by atoms with Gasteiger partial charge in [-0.15, -0.1) is 0 Å². The van der Waals surface area contributed by atoms with Crippen molar-refractivity contribution in [1.82, 2.24) is 9.13 Å². The maximum atomic E-state index is 13.1. The summed E-state index contributed by atoms with van der Waals surface area (Å²) < 4.78 is 15.9. The van der Waals surface area contributed by atoms with E-state index in [1.807, 2.05) is 12.1 Å². The number of hydrogen-bond acceptors (Lipinski definition) is 16. The van der Waals surface area contributed by atoms with Crippen LogP contribution in [0.25, 0.3) is 75.4 Å². The first-order valence-corrected chi connectivity index (χ1v) is 25.1. The van der Waals surface area contributed by atoms with Gasteiger partial charge < -0.3 is 24.8 Å². The number of aromatic nitrogens is 2. The van der Waals surface area contributed by atoms with Gasteiger partial charge in [-0.25, -0.2) is 9.59 Å². The molecular weight excluding hydrogens is 978 g/mol. The van der Waals surface area contributed by atoms with Crippen molar-refractivity contribution in [3.05, 3.63) is 168 Å². The SMILES string of the molecule is CCCCCCCCn1c(=O)c2cc3c(=O)oc(=O)c3cc2c1=O.CCCCCCCCn1c(=O)c2cc3c(O)c4c(=O)c5ccccc5c(=O)c4c(O)c3cc2c1=O.O=BB(O)O.Oc1ccc(O)c2ccccc12. The Morgan fingerprint density at radius 2 is 0.724 bits per heavy atom. The van der Waals surface area contributed by atoms with Gasteiger partial charge in [-0.1, -0.05) is 127 Å². The molecule has 0 fully saturated rings. The van der Waals surface area contributed by atoms with Gasteiger partial charge in [-0.3, -0.25) is 37.9 Å². The first-order chi connectivity index (χ1) is 36.5. The molecule has 10 aromatic rings. The van der Waals surface area contributed by atoms with Gasteiger partial charge in [-0.2, -0.15) is 0 Å². The van der Waals surface area contributed by atoms with Gasteiger partial charge in [0.1, 0.15) is 23.0 Å². The minimum absolute atomic E-state index is 0.0278.